The summed E-state index contributed by atoms with van der Waals surface area (Å²) in [6, 6.07) is 14.4. The van der Waals surface area contributed by atoms with E-state index in [4.69, 9.17) is 0 Å². The zero-order valence-electron chi connectivity index (χ0n) is 19.5. The molecule has 2 N–H and O–H groups in total. The van der Waals surface area contributed by atoms with E-state index >= 15 is 0 Å². The van der Waals surface area contributed by atoms with Gasteiger partial charge in [0, 0.05) is 24.8 Å². The fourth-order valence-electron chi connectivity index (χ4n) is 4.01. The quantitative estimate of drug-likeness (QED) is 0.637. The van der Waals surface area contributed by atoms with Crippen molar-refractivity contribution in [1.29, 1.82) is 0 Å². The van der Waals surface area contributed by atoms with Crippen LogP contribution in [0.5, 0.6) is 0 Å². The SMILES string of the molecule is Cc1ccc(S(=O)(=O)N2CCCCC2CCNC(=O)Nc2ccc(C(C)(C)C)cc2)cc1. The van der Waals surface area contributed by atoms with Crippen molar-refractivity contribution in [2.45, 2.75) is 69.7 Å². The third kappa shape index (κ3) is 6.11. The van der Waals surface area contributed by atoms with E-state index in [0.717, 1.165) is 30.5 Å². The zero-order chi connectivity index (χ0) is 23.4. The summed E-state index contributed by atoms with van der Waals surface area (Å²) in [5.41, 5.74) is 3.03. The predicted octanol–water partition coefficient (Wildman–Crippen LogP) is 5.05. The number of aryl methyl sites for hydroxylation is 1. The molecule has 0 aliphatic carbocycles. The second kappa shape index (κ2) is 10.0. The van der Waals surface area contributed by atoms with Gasteiger partial charge in [-0.05, 0) is 61.4 Å². The van der Waals surface area contributed by atoms with Crippen LogP contribution in [0.4, 0.5) is 10.5 Å². The van der Waals surface area contributed by atoms with Crippen LogP contribution in [0, 0.1) is 6.92 Å². The van der Waals surface area contributed by atoms with Crippen molar-refractivity contribution in [2.75, 3.05) is 18.4 Å². The second-order valence-corrected chi connectivity index (χ2v) is 11.5. The standard InChI is InChI=1S/C25H35N3O3S/c1-19-8-14-23(15-9-19)32(30,31)28-18-6-5-7-22(28)16-17-26-24(29)27-21-12-10-20(11-13-21)25(2,3)4/h8-15,22H,5-7,16-18H2,1-4H3,(H2,26,27,29). The minimum atomic E-state index is -3.54. The van der Waals surface area contributed by atoms with Gasteiger partial charge in [0.2, 0.25) is 10.0 Å². The maximum Gasteiger partial charge on any atom is 0.319 e. The Bertz CT molecular complexity index is 1010. The summed E-state index contributed by atoms with van der Waals surface area (Å²) < 4.78 is 28.0. The van der Waals surface area contributed by atoms with E-state index in [1.165, 1.54) is 5.56 Å². The molecular weight excluding hydrogens is 422 g/mol. The number of benzene rings is 2. The van der Waals surface area contributed by atoms with Crippen LogP contribution in [0.1, 0.15) is 57.6 Å². The number of urea groups is 1. The molecule has 1 atom stereocenters. The molecule has 2 amide bonds. The minimum absolute atomic E-state index is 0.0611. The molecule has 0 aromatic heterocycles. The number of piperidine rings is 1. The summed E-state index contributed by atoms with van der Waals surface area (Å²) in [5.74, 6) is 0. The van der Waals surface area contributed by atoms with E-state index in [9.17, 15) is 13.2 Å². The molecule has 174 valence electrons. The Morgan fingerprint density at radius 2 is 1.69 bits per heavy atom. The Morgan fingerprint density at radius 1 is 1.03 bits per heavy atom. The first-order valence-corrected chi connectivity index (χ1v) is 12.8. The molecule has 1 fully saturated rings. The highest BCUT2D eigenvalue weighted by atomic mass is 32.2. The van der Waals surface area contributed by atoms with Crippen LogP contribution in [0.3, 0.4) is 0 Å². The van der Waals surface area contributed by atoms with Gasteiger partial charge in [0.25, 0.3) is 0 Å². The molecule has 0 spiro atoms. The molecule has 1 heterocycles. The number of carbonyl (C=O) groups excluding carboxylic acids is 1. The maximum atomic E-state index is 13.2. The number of anilines is 1. The summed E-state index contributed by atoms with van der Waals surface area (Å²) in [5, 5.41) is 5.72. The lowest BCUT2D eigenvalue weighted by molar-refractivity contribution is 0.234. The molecule has 1 aliphatic heterocycles. The van der Waals surface area contributed by atoms with Crippen LogP contribution in [0.2, 0.25) is 0 Å². The lowest BCUT2D eigenvalue weighted by atomic mass is 9.87. The third-order valence-electron chi connectivity index (χ3n) is 5.97. The van der Waals surface area contributed by atoms with E-state index in [0.29, 0.717) is 24.4 Å². The predicted molar refractivity (Wildman–Crippen MR) is 129 cm³/mol. The molecular formula is C25H35N3O3S. The monoisotopic (exact) mass is 457 g/mol. The molecule has 1 unspecified atom stereocenters. The van der Waals surface area contributed by atoms with E-state index in [2.05, 4.69) is 31.4 Å². The third-order valence-corrected chi connectivity index (χ3v) is 7.94. The normalized spacial score (nSPS) is 17.7. The number of hydrogen-bond donors (Lipinski definition) is 2. The van der Waals surface area contributed by atoms with Gasteiger partial charge in [-0.2, -0.15) is 4.31 Å². The molecule has 0 radical (unpaired) electrons. The van der Waals surface area contributed by atoms with Gasteiger partial charge in [-0.15, -0.1) is 0 Å². The molecule has 0 bridgehead atoms. The Kier molecular flexibility index (Phi) is 7.62. The van der Waals surface area contributed by atoms with Gasteiger partial charge >= 0.3 is 6.03 Å². The average molecular weight is 458 g/mol. The van der Waals surface area contributed by atoms with Crippen molar-refractivity contribution < 1.29 is 13.2 Å². The van der Waals surface area contributed by atoms with Crippen LogP contribution in [0.25, 0.3) is 0 Å². The average Bonchev–Trinajstić information content (AvgIpc) is 2.74. The van der Waals surface area contributed by atoms with Crippen LogP contribution in [-0.4, -0.2) is 37.9 Å². The number of sulfonamides is 1. The van der Waals surface area contributed by atoms with E-state index in [1.807, 2.05) is 43.3 Å². The van der Waals surface area contributed by atoms with Crippen molar-refractivity contribution in [3.8, 4) is 0 Å². The highest BCUT2D eigenvalue weighted by Gasteiger charge is 2.33. The highest BCUT2D eigenvalue weighted by Crippen LogP contribution is 2.27. The van der Waals surface area contributed by atoms with Crippen molar-refractivity contribution in [3.05, 3.63) is 59.7 Å². The van der Waals surface area contributed by atoms with Crippen LogP contribution < -0.4 is 10.6 Å². The first kappa shape index (κ1) is 24.3. The summed E-state index contributed by atoms with van der Waals surface area (Å²) in [6.07, 6.45) is 3.25. The smallest absolute Gasteiger partial charge is 0.319 e. The lowest BCUT2D eigenvalue weighted by Crippen LogP contribution is -2.45. The topological polar surface area (TPSA) is 78.5 Å². The lowest BCUT2D eigenvalue weighted by Gasteiger charge is -2.34. The van der Waals surface area contributed by atoms with Gasteiger partial charge < -0.3 is 10.6 Å². The molecule has 1 saturated heterocycles. The fourth-order valence-corrected chi connectivity index (χ4v) is 5.73. The van der Waals surface area contributed by atoms with Crippen molar-refractivity contribution in [1.82, 2.24) is 9.62 Å². The fraction of sp³-hybridized carbons (Fsp3) is 0.480. The van der Waals surface area contributed by atoms with Crippen molar-refractivity contribution >= 4 is 21.7 Å². The van der Waals surface area contributed by atoms with E-state index in [1.54, 1.807) is 16.4 Å². The number of rotatable bonds is 6. The molecule has 2 aromatic carbocycles. The summed E-state index contributed by atoms with van der Waals surface area (Å²) in [4.78, 5) is 12.6. The van der Waals surface area contributed by atoms with E-state index < -0.39 is 10.0 Å². The van der Waals surface area contributed by atoms with Crippen LogP contribution in [-0.2, 0) is 15.4 Å². The number of hydrogen-bond acceptors (Lipinski definition) is 3. The van der Waals surface area contributed by atoms with Gasteiger partial charge in [0.15, 0.2) is 0 Å². The molecule has 0 saturated carbocycles. The molecule has 2 aromatic rings. The Labute approximate surface area is 192 Å². The second-order valence-electron chi connectivity index (χ2n) is 9.58. The number of nitrogens with one attached hydrogen (secondary N) is 2. The van der Waals surface area contributed by atoms with Gasteiger partial charge in [-0.3, -0.25) is 0 Å². The Balaban J connectivity index is 1.55. The zero-order valence-corrected chi connectivity index (χ0v) is 20.3. The first-order chi connectivity index (χ1) is 15.1. The van der Waals surface area contributed by atoms with Gasteiger partial charge in [-0.1, -0.05) is 57.0 Å². The molecule has 6 nitrogen and oxygen atoms in total. The molecule has 3 rings (SSSR count). The van der Waals surface area contributed by atoms with Crippen molar-refractivity contribution in [2.24, 2.45) is 0 Å². The van der Waals surface area contributed by atoms with Gasteiger partial charge in [0.05, 0.1) is 4.90 Å². The number of nitrogens with zero attached hydrogens (tertiary/aromatic N) is 1. The number of amides is 2. The Hall–Kier alpha value is -2.38. The minimum Gasteiger partial charge on any atom is -0.338 e. The summed E-state index contributed by atoms with van der Waals surface area (Å²) >= 11 is 0. The van der Waals surface area contributed by atoms with Gasteiger partial charge in [0.1, 0.15) is 0 Å². The summed E-state index contributed by atoms with van der Waals surface area (Å²) in [6.45, 7) is 9.32. The Morgan fingerprint density at radius 3 is 2.31 bits per heavy atom. The van der Waals surface area contributed by atoms with Crippen LogP contribution in [0.15, 0.2) is 53.4 Å². The highest BCUT2D eigenvalue weighted by molar-refractivity contribution is 7.89. The molecule has 7 heteroatoms. The summed E-state index contributed by atoms with van der Waals surface area (Å²) in [7, 11) is -3.54. The van der Waals surface area contributed by atoms with Crippen molar-refractivity contribution in [3.63, 3.8) is 0 Å². The van der Waals surface area contributed by atoms with Crippen LogP contribution >= 0.6 is 0 Å². The van der Waals surface area contributed by atoms with E-state index in [-0.39, 0.29) is 17.5 Å². The van der Waals surface area contributed by atoms with Gasteiger partial charge in [-0.25, -0.2) is 13.2 Å². The first-order valence-electron chi connectivity index (χ1n) is 11.3. The maximum absolute atomic E-state index is 13.2. The molecule has 1 aliphatic rings. The largest absolute Gasteiger partial charge is 0.338 e. The molecule has 32 heavy (non-hydrogen) atoms. The number of carbonyl (C=O) groups is 1.